The first-order valence-corrected chi connectivity index (χ1v) is 28.9. The van der Waals surface area contributed by atoms with Gasteiger partial charge in [-0.25, -0.2) is 0 Å². The van der Waals surface area contributed by atoms with Crippen molar-refractivity contribution in [2.24, 2.45) is 0 Å². The lowest BCUT2D eigenvalue weighted by molar-refractivity contribution is -0.340. The van der Waals surface area contributed by atoms with E-state index in [1.54, 1.807) is 7.11 Å². The van der Waals surface area contributed by atoms with Gasteiger partial charge in [-0.1, -0.05) is 177 Å². The minimum absolute atomic E-state index is 0.00750. The summed E-state index contributed by atoms with van der Waals surface area (Å²) in [6, 6.07) is 39.9. The average molecular weight is 1000 g/mol. The van der Waals surface area contributed by atoms with Crippen LogP contribution in [0.5, 0.6) is 0 Å². The standard InChI is InChI=1S/C55H76O13Si2/c1-39(2)69(40(3)4)64-38-55(53(62-34-47-29-21-14-22-30-47)51(49(66-55)36-59-43(9)56)67-70(68-69,41(5)6)42(7)8)63-37-54(57-10)52(61-33-46-27-19-13-20-28-46)50(60-32-45-25-17-12-18-26-45)48(65-54)35-58-31-44-23-15-11-16-24-44/h11-30,39-42,48-53H,31-38H2,1-10H3/t48-,49-,50-,51-,52+,53+,54-,55-/m1/s1. The number of hydrogen-bond donors (Lipinski definition) is 0. The zero-order valence-electron chi connectivity index (χ0n) is 42.8. The Hall–Kier alpha value is -3.66. The van der Waals surface area contributed by atoms with Gasteiger partial charge in [-0.2, -0.15) is 0 Å². The van der Waals surface area contributed by atoms with Crippen LogP contribution in [0.3, 0.4) is 0 Å². The first-order chi connectivity index (χ1) is 33.7. The van der Waals surface area contributed by atoms with Crippen LogP contribution in [-0.4, -0.2) is 105 Å². The molecule has 0 radical (unpaired) electrons. The van der Waals surface area contributed by atoms with Gasteiger partial charge in [-0.3, -0.25) is 4.79 Å². The molecule has 8 atom stereocenters. The number of esters is 1. The van der Waals surface area contributed by atoms with E-state index >= 15 is 0 Å². The number of rotatable bonds is 23. The number of ether oxygens (including phenoxy) is 9. The molecule has 3 aliphatic rings. The molecule has 3 fully saturated rings. The summed E-state index contributed by atoms with van der Waals surface area (Å²) in [5, 5.41) is 0. The lowest BCUT2D eigenvalue weighted by atomic mass is 10.0. The largest absolute Gasteiger partial charge is 0.463 e. The Morgan fingerprint density at radius 3 is 1.54 bits per heavy atom. The Kier molecular flexibility index (Phi) is 18.8. The van der Waals surface area contributed by atoms with Gasteiger partial charge in [0.05, 0.1) is 39.6 Å². The second-order valence-corrected chi connectivity index (χ2v) is 28.8. The molecule has 70 heavy (non-hydrogen) atoms. The number of methoxy groups -OCH3 is 1. The molecule has 0 aliphatic carbocycles. The van der Waals surface area contributed by atoms with E-state index in [0.29, 0.717) is 6.61 Å². The van der Waals surface area contributed by atoms with Gasteiger partial charge in [0, 0.05) is 14.0 Å². The number of hydrogen-bond acceptors (Lipinski definition) is 13. The fraction of sp³-hybridized carbons (Fsp3) is 0.545. The van der Waals surface area contributed by atoms with E-state index in [4.69, 9.17) is 55.6 Å². The summed E-state index contributed by atoms with van der Waals surface area (Å²) in [7, 11) is -4.92. The van der Waals surface area contributed by atoms with E-state index < -0.39 is 71.3 Å². The molecule has 0 spiro atoms. The SMILES string of the molecule is CO[C@]1(CO[C@]23CO[Si](C(C)C)(C(C)C)O[Si](C(C)C)(C(C)C)O[C@H]([C@@H](COC(C)=O)O2)[C@@H]3OCc2ccccc2)O[C@H](COCc2ccccc2)[C@@H](OCc2ccccc2)[C@@H]1OCc1ccccc1. The van der Waals surface area contributed by atoms with Crippen LogP contribution in [0, 0.1) is 0 Å². The lowest BCUT2D eigenvalue weighted by Crippen LogP contribution is -2.63. The van der Waals surface area contributed by atoms with Gasteiger partial charge in [-0.15, -0.1) is 0 Å². The molecule has 382 valence electrons. The normalized spacial score (nSPS) is 27.5. The Morgan fingerprint density at radius 1 is 0.600 bits per heavy atom. The molecular formula is C55H76O13Si2. The molecule has 0 aromatic heterocycles. The number of carbonyl (C=O) groups is 1. The minimum atomic E-state index is -3.29. The molecule has 0 unspecified atom stereocenters. The van der Waals surface area contributed by atoms with Gasteiger partial charge >= 0.3 is 23.1 Å². The van der Waals surface area contributed by atoms with Gasteiger partial charge in [-0.05, 0) is 44.4 Å². The van der Waals surface area contributed by atoms with Crippen molar-refractivity contribution < 1.29 is 60.4 Å². The highest BCUT2D eigenvalue weighted by Gasteiger charge is 2.68. The molecule has 0 saturated carbocycles. The van der Waals surface area contributed by atoms with E-state index in [1.165, 1.54) is 6.92 Å². The van der Waals surface area contributed by atoms with Crippen LogP contribution in [0.25, 0.3) is 0 Å². The summed E-state index contributed by atoms with van der Waals surface area (Å²) in [6.45, 7) is 19.4. The maximum absolute atomic E-state index is 12.6. The summed E-state index contributed by atoms with van der Waals surface area (Å²) in [5.41, 5.74) is 3.88. The van der Waals surface area contributed by atoms with Gasteiger partial charge in [0.25, 0.3) is 0 Å². The third-order valence-electron chi connectivity index (χ3n) is 13.8. The van der Waals surface area contributed by atoms with Crippen molar-refractivity contribution in [1.29, 1.82) is 0 Å². The molecule has 3 saturated heterocycles. The van der Waals surface area contributed by atoms with E-state index in [2.05, 4.69) is 55.4 Å². The third kappa shape index (κ3) is 12.4. The Balaban J connectivity index is 1.33. The first kappa shape index (κ1) is 54.1. The average Bonchev–Trinajstić information content (AvgIpc) is 3.83. The van der Waals surface area contributed by atoms with Crippen LogP contribution >= 0.6 is 0 Å². The second-order valence-electron chi connectivity index (χ2n) is 20.0. The quantitative estimate of drug-likeness (QED) is 0.0517. The number of fused-ring (bicyclic) bond motifs is 2. The van der Waals surface area contributed by atoms with Gasteiger partial charge in [0.1, 0.15) is 49.8 Å². The van der Waals surface area contributed by atoms with Crippen LogP contribution in [0.4, 0.5) is 0 Å². The van der Waals surface area contributed by atoms with Crippen molar-refractivity contribution >= 4 is 23.1 Å². The van der Waals surface area contributed by atoms with Gasteiger partial charge < -0.3 is 55.6 Å². The fourth-order valence-corrected chi connectivity index (χ4v) is 21.2. The van der Waals surface area contributed by atoms with E-state index in [-0.39, 0.29) is 68.4 Å². The van der Waals surface area contributed by atoms with Crippen molar-refractivity contribution in [3.63, 3.8) is 0 Å². The van der Waals surface area contributed by atoms with Crippen molar-refractivity contribution in [2.45, 2.75) is 159 Å². The maximum atomic E-state index is 12.6. The Bertz CT molecular complexity index is 2170. The molecule has 7 rings (SSSR count). The number of carbonyl (C=O) groups excluding carboxylic acids is 1. The van der Waals surface area contributed by atoms with Crippen molar-refractivity contribution in [3.05, 3.63) is 144 Å². The molecule has 3 aliphatic heterocycles. The molecule has 13 nitrogen and oxygen atoms in total. The van der Waals surface area contributed by atoms with Crippen molar-refractivity contribution in [1.82, 2.24) is 0 Å². The Labute approximate surface area is 418 Å². The van der Waals surface area contributed by atoms with Crippen LogP contribution in [-0.2, 0) is 86.8 Å². The molecule has 2 bridgehead atoms. The zero-order chi connectivity index (χ0) is 49.9. The highest BCUT2D eigenvalue weighted by molar-refractivity contribution is 6.83. The van der Waals surface area contributed by atoms with Gasteiger partial charge in [0.15, 0.2) is 0 Å². The summed E-state index contributed by atoms with van der Waals surface area (Å²) < 4.78 is 84.2. The lowest BCUT2D eigenvalue weighted by Gasteiger charge is -2.49. The monoisotopic (exact) mass is 1000 g/mol. The van der Waals surface area contributed by atoms with Crippen LogP contribution in [0.15, 0.2) is 121 Å². The van der Waals surface area contributed by atoms with Crippen LogP contribution in [0.2, 0.25) is 22.2 Å². The van der Waals surface area contributed by atoms with Crippen molar-refractivity contribution in [2.75, 3.05) is 33.5 Å². The predicted molar refractivity (Wildman–Crippen MR) is 270 cm³/mol. The third-order valence-corrected chi connectivity index (χ3v) is 24.0. The number of benzene rings is 4. The van der Waals surface area contributed by atoms with E-state index in [9.17, 15) is 4.79 Å². The van der Waals surface area contributed by atoms with E-state index in [1.807, 2.05) is 121 Å². The molecule has 15 heteroatoms. The summed E-state index contributed by atoms with van der Waals surface area (Å²) in [4.78, 5) is 12.6. The molecule has 0 amide bonds. The zero-order valence-corrected chi connectivity index (χ0v) is 44.8. The topological polar surface area (TPSA) is 128 Å². The highest BCUT2D eigenvalue weighted by Crippen LogP contribution is 2.51. The fourth-order valence-electron chi connectivity index (χ4n) is 10.0. The smallest absolute Gasteiger partial charge is 0.335 e. The summed E-state index contributed by atoms with van der Waals surface area (Å²) in [6.07, 6.45) is -4.82. The molecule has 3 heterocycles. The minimum Gasteiger partial charge on any atom is -0.463 e. The second kappa shape index (κ2) is 24.4. The summed E-state index contributed by atoms with van der Waals surface area (Å²) >= 11 is 0. The first-order valence-electron chi connectivity index (χ1n) is 24.9. The molecule has 4 aromatic carbocycles. The summed E-state index contributed by atoms with van der Waals surface area (Å²) in [5.74, 6) is -3.74. The highest BCUT2D eigenvalue weighted by atomic mass is 28.5. The predicted octanol–water partition coefficient (Wildman–Crippen LogP) is 10.3. The molecule has 4 aromatic rings. The maximum Gasteiger partial charge on any atom is 0.335 e. The van der Waals surface area contributed by atoms with Crippen LogP contribution < -0.4 is 0 Å². The Morgan fingerprint density at radius 2 is 1.07 bits per heavy atom. The van der Waals surface area contributed by atoms with Crippen LogP contribution in [0.1, 0.15) is 84.6 Å². The van der Waals surface area contributed by atoms with E-state index in [0.717, 1.165) is 22.3 Å². The molecular weight excluding hydrogens is 925 g/mol. The molecule has 0 N–H and O–H groups in total. The van der Waals surface area contributed by atoms with Gasteiger partial charge in [0.2, 0.25) is 11.6 Å². The van der Waals surface area contributed by atoms with Crippen molar-refractivity contribution in [3.8, 4) is 0 Å².